The van der Waals surface area contributed by atoms with Crippen LogP contribution in [0.2, 0.25) is 0 Å². The lowest BCUT2D eigenvalue weighted by molar-refractivity contribution is 1.17. The molecule has 0 unspecified atom stereocenters. The molecule has 0 aliphatic heterocycles. The fraction of sp³-hybridized carbons (Fsp3) is 0. The van der Waals surface area contributed by atoms with Gasteiger partial charge in [0, 0.05) is 32.3 Å². The van der Waals surface area contributed by atoms with Crippen LogP contribution in [0.3, 0.4) is 0 Å². The van der Waals surface area contributed by atoms with Gasteiger partial charge in [-0.05, 0) is 47.9 Å². The van der Waals surface area contributed by atoms with Crippen LogP contribution < -0.4 is 0 Å². The van der Waals surface area contributed by atoms with Gasteiger partial charge >= 0.3 is 0 Å². The first-order valence-corrected chi connectivity index (χ1v) is 14.2. The summed E-state index contributed by atoms with van der Waals surface area (Å²) < 4.78 is 3.60. The zero-order valence-electron chi connectivity index (χ0n) is 21.5. The van der Waals surface area contributed by atoms with Crippen LogP contribution in [0.1, 0.15) is 0 Å². The molecule has 0 aliphatic rings. The first-order valence-electron chi connectivity index (χ1n) is 13.3. The topological polar surface area (TPSA) is 30.7 Å². The number of fused-ring (bicyclic) bond motifs is 4. The molecular formula is C36H23N3S. The summed E-state index contributed by atoms with van der Waals surface area (Å²) in [4.78, 5) is 11.3. The van der Waals surface area contributed by atoms with Gasteiger partial charge in [-0.1, -0.05) is 97.1 Å². The van der Waals surface area contributed by atoms with E-state index in [0.717, 1.165) is 38.9 Å². The van der Waals surface area contributed by atoms with E-state index in [1.165, 1.54) is 31.9 Å². The van der Waals surface area contributed by atoms with Crippen molar-refractivity contribution in [3.63, 3.8) is 0 Å². The molecule has 0 atom stereocenters. The van der Waals surface area contributed by atoms with Crippen molar-refractivity contribution >= 4 is 43.2 Å². The van der Waals surface area contributed by atoms with Crippen molar-refractivity contribution < 1.29 is 0 Å². The van der Waals surface area contributed by atoms with Gasteiger partial charge in [-0.3, -0.25) is 0 Å². The number of thiophene rings is 1. The zero-order chi connectivity index (χ0) is 26.5. The van der Waals surface area contributed by atoms with Crippen molar-refractivity contribution in [1.82, 2.24) is 14.5 Å². The van der Waals surface area contributed by atoms with Gasteiger partial charge in [0.1, 0.15) is 0 Å². The second kappa shape index (κ2) is 9.30. The molecule has 5 aromatic carbocycles. The largest absolute Gasteiger partial charge is 0.309 e. The number of benzene rings is 5. The Morgan fingerprint density at radius 2 is 1.15 bits per heavy atom. The van der Waals surface area contributed by atoms with E-state index >= 15 is 0 Å². The number of hydrogen-bond acceptors (Lipinski definition) is 3. The Balaban J connectivity index is 1.33. The van der Waals surface area contributed by atoms with Crippen molar-refractivity contribution in [1.29, 1.82) is 0 Å². The summed E-state index contributed by atoms with van der Waals surface area (Å²) in [5, 5.41) is 3.74. The second-order valence-corrected chi connectivity index (χ2v) is 11.0. The van der Waals surface area contributed by atoms with Gasteiger partial charge < -0.3 is 4.57 Å². The maximum Gasteiger partial charge on any atom is 0.160 e. The number of nitrogens with zero attached hydrogens (tertiary/aromatic N) is 3. The molecule has 0 saturated heterocycles. The van der Waals surface area contributed by atoms with E-state index in [-0.39, 0.29) is 0 Å². The Hall–Kier alpha value is -5.06. The molecule has 3 aromatic heterocycles. The van der Waals surface area contributed by atoms with E-state index in [2.05, 4.69) is 126 Å². The van der Waals surface area contributed by atoms with Crippen LogP contribution >= 0.6 is 11.3 Å². The van der Waals surface area contributed by atoms with Crippen LogP contribution in [0, 0.1) is 0 Å². The lowest BCUT2D eigenvalue weighted by Crippen LogP contribution is -1.97. The maximum absolute atomic E-state index is 5.08. The average Bonchev–Trinajstić information content (AvgIpc) is 3.61. The Bertz CT molecular complexity index is 2090. The van der Waals surface area contributed by atoms with Crippen molar-refractivity contribution in [3.8, 4) is 38.9 Å². The lowest BCUT2D eigenvalue weighted by Gasteiger charge is -2.12. The molecular weight excluding hydrogens is 506 g/mol. The Morgan fingerprint density at radius 1 is 0.500 bits per heavy atom. The summed E-state index contributed by atoms with van der Waals surface area (Å²) in [6.07, 6.45) is 0. The number of rotatable bonds is 4. The predicted octanol–water partition coefficient (Wildman–Crippen LogP) is 9.79. The first kappa shape index (κ1) is 22.9. The molecule has 0 radical (unpaired) electrons. The van der Waals surface area contributed by atoms with E-state index in [9.17, 15) is 0 Å². The molecule has 3 nitrogen and oxygen atoms in total. The van der Waals surface area contributed by atoms with E-state index < -0.39 is 0 Å². The third kappa shape index (κ3) is 3.81. The molecule has 4 heteroatoms. The number of aromatic nitrogens is 3. The standard InChI is InChI=1S/C36H23N3S/c1-2-11-24(12-3-1)36-37-30(23-31(38-36)35-22-26-13-4-9-20-34(26)40-35)25-14-10-15-27(21-25)39-32-18-7-5-16-28(32)29-17-6-8-19-33(29)39/h1-23H. The number of para-hydroxylation sites is 2. The second-order valence-electron chi connectivity index (χ2n) is 9.90. The molecule has 8 aromatic rings. The van der Waals surface area contributed by atoms with Gasteiger partial charge in [0.25, 0.3) is 0 Å². The van der Waals surface area contributed by atoms with E-state index in [1.807, 2.05) is 18.2 Å². The fourth-order valence-electron chi connectivity index (χ4n) is 5.55. The fourth-order valence-corrected chi connectivity index (χ4v) is 6.57. The average molecular weight is 530 g/mol. The molecule has 0 spiro atoms. The van der Waals surface area contributed by atoms with Crippen molar-refractivity contribution in [2.24, 2.45) is 0 Å². The molecule has 40 heavy (non-hydrogen) atoms. The Kier molecular flexibility index (Phi) is 5.32. The molecule has 0 N–H and O–H groups in total. The zero-order valence-corrected chi connectivity index (χ0v) is 22.3. The van der Waals surface area contributed by atoms with Crippen molar-refractivity contribution in [2.45, 2.75) is 0 Å². The minimum Gasteiger partial charge on any atom is -0.309 e. The normalized spacial score (nSPS) is 11.5. The molecule has 0 bridgehead atoms. The highest BCUT2D eigenvalue weighted by Gasteiger charge is 2.15. The van der Waals surface area contributed by atoms with Crippen molar-refractivity contribution in [2.75, 3.05) is 0 Å². The monoisotopic (exact) mass is 529 g/mol. The van der Waals surface area contributed by atoms with Gasteiger partial charge in [0.05, 0.1) is 27.3 Å². The highest BCUT2D eigenvalue weighted by Crippen LogP contribution is 2.36. The summed E-state index contributed by atoms with van der Waals surface area (Å²) in [5.74, 6) is 0.729. The summed E-state index contributed by atoms with van der Waals surface area (Å²) >= 11 is 1.77. The van der Waals surface area contributed by atoms with E-state index in [4.69, 9.17) is 9.97 Å². The van der Waals surface area contributed by atoms with E-state index in [1.54, 1.807) is 11.3 Å². The summed E-state index contributed by atoms with van der Waals surface area (Å²) in [6, 6.07) is 49.0. The molecule has 0 aliphatic carbocycles. The van der Waals surface area contributed by atoms with Crippen LogP contribution in [-0.4, -0.2) is 14.5 Å². The van der Waals surface area contributed by atoms with Gasteiger partial charge in [-0.2, -0.15) is 0 Å². The summed E-state index contributed by atoms with van der Waals surface area (Å²) in [7, 11) is 0. The SMILES string of the molecule is c1ccc(-c2nc(-c3cccc(-n4c5ccccc5c5ccccc54)c3)cc(-c3cc4ccccc4s3)n2)cc1. The lowest BCUT2D eigenvalue weighted by atomic mass is 10.1. The molecule has 3 heterocycles. The molecule has 188 valence electrons. The van der Waals surface area contributed by atoms with Crippen molar-refractivity contribution in [3.05, 3.63) is 140 Å². The molecule has 0 fully saturated rings. The molecule has 0 saturated carbocycles. The predicted molar refractivity (Wildman–Crippen MR) is 168 cm³/mol. The minimum absolute atomic E-state index is 0.729. The third-order valence-corrected chi connectivity index (χ3v) is 8.55. The van der Waals surface area contributed by atoms with Gasteiger partial charge in [0.2, 0.25) is 0 Å². The van der Waals surface area contributed by atoms with Crippen LogP contribution in [-0.2, 0) is 0 Å². The minimum atomic E-state index is 0.729. The summed E-state index contributed by atoms with van der Waals surface area (Å²) in [5.41, 5.74) is 7.40. The first-order chi connectivity index (χ1) is 19.8. The van der Waals surface area contributed by atoms with E-state index in [0.29, 0.717) is 0 Å². The third-order valence-electron chi connectivity index (χ3n) is 7.42. The quantitative estimate of drug-likeness (QED) is 0.227. The van der Waals surface area contributed by atoms with Gasteiger partial charge in [0.15, 0.2) is 5.82 Å². The highest BCUT2D eigenvalue weighted by molar-refractivity contribution is 7.22. The Morgan fingerprint density at radius 3 is 1.93 bits per heavy atom. The molecule has 0 amide bonds. The van der Waals surface area contributed by atoms with Gasteiger partial charge in [-0.15, -0.1) is 11.3 Å². The summed E-state index contributed by atoms with van der Waals surface area (Å²) in [6.45, 7) is 0. The highest BCUT2D eigenvalue weighted by atomic mass is 32.1. The smallest absolute Gasteiger partial charge is 0.160 e. The van der Waals surface area contributed by atoms with Crippen LogP contribution in [0.25, 0.3) is 70.8 Å². The van der Waals surface area contributed by atoms with Gasteiger partial charge in [-0.25, -0.2) is 9.97 Å². The van der Waals surface area contributed by atoms with Crippen LogP contribution in [0.5, 0.6) is 0 Å². The van der Waals surface area contributed by atoms with Crippen LogP contribution in [0.15, 0.2) is 140 Å². The van der Waals surface area contributed by atoms with Crippen LogP contribution in [0.4, 0.5) is 0 Å². The maximum atomic E-state index is 5.08. The molecule has 8 rings (SSSR count). The number of hydrogen-bond donors (Lipinski definition) is 0. The Labute approximate surface area is 235 Å².